The first kappa shape index (κ1) is 22.0. The third-order valence-electron chi connectivity index (χ3n) is 5.08. The molecule has 2 aromatic rings. The van der Waals surface area contributed by atoms with Crippen molar-refractivity contribution in [3.8, 4) is 0 Å². The molecule has 1 unspecified atom stereocenters. The molecule has 1 aliphatic heterocycles. The van der Waals surface area contributed by atoms with Crippen LogP contribution in [0.2, 0.25) is 0 Å². The Kier molecular flexibility index (Phi) is 6.87. The molecule has 4 atom stereocenters. The SMILES string of the molecule is C=C(Nc1c(C(=N)N)ncn1C1O[C@@H](CO)[C@H](O)[C@@H]1O)c1cnn(CCCCC)c1. The van der Waals surface area contributed by atoms with Gasteiger partial charge in [0.15, 0.2) is 6.23 Å². The number of aliphatic hydroxyl groups excluding tert-OH is 3. The zero-order valence-corrected chi connectivity index (χ0v) is 16.9. The van der Waals surface area contributed by atoms with Crippen molar-refractivity contribution in [2.75, 3.05) is 11.9 Å². The van der Waals surface area contributed by atoms with Gasteiger partial charge in [-0.15, -0.1) is 0 Å². The summed E-state index contributed by atoms with van der Waals surface area (Å²) in [5.41, 5.74) is 7.04. The van der Waals surface area contributed by atoms with E-state index in [1.165, 1.54) is 10.9 Å². The van der Waals surface area contributed by atoms with Crippen LogP contribution in [0.3, 0.4) is 0 Å². The number of nitrogens with one attached hydrogen (secondary N) is 2. The first-order chi connectivity index (χ1) is 14.4. The fourth-order valence-corrected chi connectivity index (χ4v) is 3.37. The lowest BCUT2D eigenvalue weighted by Gasteiger charge is -2.20. The summed E-state index contributed by atoms with van der Waals surface area (Å²) in [6, 6.07) is 0. The maximum atomic E-state index is 10.4. The van der Waals surface area contributed by atoms with E-state index in [-0.39, 0.29) is 17.3 Å². The van der Waals surface area contributed by atoms with E-state index in [4.69, 9.17) is 15.9 Å². The molecule has 0 aromatic carbocycles. The van der Waals surface area contributed by atoms with E-state index in [0.717, 1.165) is 31.4 Å². The molecule has 11 nitrogen and oxygen atoms in total. The van der Waals surface area contributed by atoms with Crippen LogP contribution in [-0.4, -0.2) is 65.4 Å². The number of hydrogen-bond acceptors (Lipinski definition) is 8. The summed E-state index contributed by atoms with van der Waals surface area (Å²) < 4.78 is 8.84. The average molecular weight is 419 g/mol. The summed E-state index contributed by atoms with van der Waals surface area (Å²) in [7, 11) is 0. The summed E-state index contributed by atoms with van der Waals surface area (Å²) in [5.74, 6) is -0.00729. The van der Waals surface area contributed by atoms with E-state index in [1.807, 2.05) is 10.9 Å². The third-order valence-corrected chi connectivity index (χ3v) is 5.08. The lowest BCUT2D eigenvalue weighted by Crippen LogP contribution is -2.33. The number of aromatic nitrogens is 4. The Balaban J connectivity index is 1.82. The summed E-state index contributed by atoms with van der Waals surface area (Å²) in [5, 5.41) is 45.0. The van der Waals surface area contributed by atoms with Gasteiger partial charge in [-0.1, -0.05) is 26.3 Å². The maximum Gasteiger partial charge on any atom is 0.165 e. The monoisotopic (exact) mass is 419 g/mol. The molecule has 3 heterocycles. The molecule has 164 valence electrons. The number of amidine groups is 1. The van der Waals surface area contributed by atoms with Crippen molar-refractivity contribution in [1.82, 2.24) is 19.3 Å². The minimum atomic E-state index is -1.30. The highest BCUT2D eigenvalue weighted by atomic mass is 16.6. The van der Waals surface area contributed by atoms with Crippen molar-refractivity contribution in [1.29, 1.82) is 5.41 Å². The molecule has 1 fully saturated rings. The second-order valence-corrected chi connectivity index (χ2v) is 7.29. The van der Waals surface area contributed by atoms with Gasteiger partial charge >= 0.3 is 0 Å². The molecule has 0 bridgehead atoms. The Hall–Kier alpha value is -2.73. The van der Waals surface area contributed by atoms with Gasteiger partial charge in [-0.05, 0) is 6.42 Å². The molecule has 0 radical (unpaired) electrons. The Labute approximate surface area is 174 Å². The highest BCUT2D eigenvalue weighted by molar-refractivity contribution is 5.99. The number of nitrogens with two attached hydrogens (primary N) is 1. The van der Waals surface area contributed by atoms with Crippen molar-refractivity contribution >= 4 is 17.4 Å². The van der Waals surface area contributed by atoms with Crippen LogP contribution in [0.1, 0.15) is 43.7 Å². The minimum Gasteiger partial charge on any atom is -0.394 e. The number of rotatable bonds is 10. The summed E-state index contributed by atoms with van der Waals surface area (Å²) >= 11 is 0. The first-order valence-electron chi connectivity index (χ1n) is 9.89. The Bertz CT molecular complexity index is 893. The zero-order chi connectivity index (χ0) is 21.8. The summed E-state index contributed by atoms with van der Waals surface area (Å²) in [6.07, 6.45) is 3.65. The molecule has 2 aromatic heterocycles. The maximum absolute atomic E-state index is 10.4. The van der Waals surface area contributed by atoms with Gasteiger partial charge in [-0.3, -0.25) is 14.7 Å². The normalized spacial score (nSPS) is 23.6. The van der Waals surface area contributed by atoms with Gasteiger partial charge in [0, 0.05) is 24.0 Å². The van der Waals surface area contributed by atoms with E-state index in [1.54, 1.807) is 6.20 Å². The zero-order valence-electron chi connectivity index (χ0n) is 16.9. The molecule has 11 heteroatoms. The minimum absolute atomic E-state index is 0.143. The first-order valence-corrected chi connectivity index (χ1v) is 9.89. The van der Waals surface area contributed by atoms with E-state index < -0.39 is 31.1 Å². The predicted molar refractivity (Wildman–Crippen MR) is 111 cm³/mol. The number of aryl methyl sites for hydroxylation is 1. The van der Waals surface area contributed by atoms with Gasteiger partial charge < -0.3 is 31.1 Å². The van der Waals surface area contributed by atoms with Crippen LogP contribution >= 0.6 is 0 Å². The topological polar surface area (TPSA) is 167 Å². The van der Waals surface area contributed by atoms with Crippen molar-refractivity contribution in [2.24, 2.45) is 5.73 Å². The second kappa shape index (κ2) is 9.39. The standard InChI is InChI=1S/C19H29N7O4/c1-3-4-5-6-25-8-12(7-23-25)11(2)24-18-14(17(20)21)22-10-26(18)19-16(29)15(28)13(9-27)30-19/h7-8,10,13,15-16,19,24,27-29H,2-6,9H2,1H3,(H3,20,21)/t13-,15-,16-,19?/m0/s1. The van der Waals surface area contributed by atoms with E-state index in [9.17, 15) is 15.3 Å². The van der Waals surface area contributed by atoms with Crippen LogP contribution in [0.4, 0.5) is 5.82 Å². The van der Waals surface area contributed by atoms with Gasteiger partial charge in [0.05, 0.1) is 19.1 Å². The molecule has 30 heavy (non-hydrogen) atoms. The molecule has 0 spiro atoms. The van der Waals surface area contributed by atoms with Crippen LogP contribution in [0.25, 0.3) is 5.70 Å². The number of hydrogen-bond donors (Lipinski definition) is 6. The van der Waals surface area contributed by atoms with E-state index in [0.29, 0.717) is 5.70 Å². The lowest BCUT2D eigenvalue weighted by atomic mass is 10.1. The van der Waals surface area contributed by atoms with Crippen LogP contribution in [0.15, 0.2) is 25.3 Å². The number of ether oxygens (including phenoxy) is 1. The fraction of sp³-hybridized carbons (Fsp3) is 0.526. The molecule has 0 saturated carbocycles. The van der Waals surface area contributed by atoms with Crippen LogP contribution < -0.4 is 11.1 Å². The largest absolute Gasteiger partial charge is 0.394 e. The molecular formula is C19H29N7O4. The van der Waals surface area contributed by atoms with Crippen molar-refractivity contribution in [2.45, 2.75) is 57.3 Å². The quantitative estimate of drug-likeness (QED) is 0.181. The van der Waals surface area contributed by atoms with Crippen molar-refractivity contribution in [3.63, 3.8) is 0 Å². The molecule has 7 N–H and O–H groups in total. The van der Waals surface area contributed by atoms with Crippen molar-refractivity contribution < 1.29 is 20.1 Å². The van der Waals surface area contributed by atoms with Gasteiger partial charge in [-0.25, -0.2) is 4.98 Å². The molecule has 1 saturated heterocycles. The summed E-state index contributed by atoms with van der Waals surface area (Å²) in [6.45, 7) is 6.53. The van der Waals surface area contributed by atoms with Crippen LogP contribution in [-0.2, 0) is 11.3 Å². The van der Waals surface area contributed by atoms with Gasteiger partial charge in [0.1, 0.15) is 35.7 Å². The van der Waals surface area contributed by atoms with Gasteiger partial charge in [0.25, 0.3) is 0 Å². The molecule has 0 amide bonds. The van der Waals surface area contributed by atoms with Gasteiger partial charge in [-0.2, -0.15) is 5.10 Å². The number of anilines is 1. The average Bonchev–Trinajstić information content (AvgIpc) is 3.41. The van der Waals surface area contributed by atoms with E-state index >= 15 is 0 Å². The molecular weight excluding hydrogens is 390 g/mol. The van der Waals surface area contributed by atoms with Crippen molar-refractivity contribution in [3.05, 3.63) is 36.6 Å². The second-order valence-electron chi connectivity index (χ2n) is 7.29. The lowest BCUT2D eigenvalue weighted by molar-refractivity contribution is -0.0518. The summed E-state index contributed by atoms with van der Waals surface area (Å²) in [4.78, 5) is 4.13. The highest BCUT2D eigenvalue weighted by Gasteiger charge is 2.44. The smallest absolute Gasteiger partial charge is 0.165 e. The Morgan fingerprint density at radius 1 is 1.37 bits per heavy atom. The Morgan fingerprint density at radius 2 is 2.13 bits per heavy atom. The van der Waals surface area contributed by atoms with E-state index in [2.05, 4.69) is 28.9 Å². The van der Waals surface area contributed by atoms with Crippen LogP contribution in [0.5, 0.6) is 0 Å². The third kappa shape index (κ3) is 4.38. The van der Waals surface area contributed by atoms with Crippen LogP contribution in [0, 0.1) is 5.41 Å². The fourth-order valence-electron chi connectivity index (χ4n) is 3.37. The number of nitrogen functional groups attached to an aromatic ring is 1. The number of imidazole rings is 1. The van der Waals surface area contributed by atoms with Gasteiger partial charge in [0.2, 0.25) is 0 Å². The molecule has 3 rings (SSSR count). The number of aliphatic hydroxyl groups is 3. The number of unbranched alkanes of at least 4 members (excludes halogenated alkanes) is 2. The Morgan fingerprint density at radius 3 is 2.77 bits per heavy atom. The predicted octanol–water partition coefficient (Wildman–Crippen LogP) is 0.248. The molecule has 1 aliphatic rings. The number of nitrogens with zero attached hydrogens (tertiary/aromatic N) is 4. The highest BCUT2D eigenvalue weighted by Crippen LogP contribution is 2.33. The molecule has 0 aliphatic carbocycles.